The Morgan fingerprint density at radius 3 is 2.46 bits per heavy atom. The average molecular weight is 327 g/mol. The van der Waals surface area contributed by atoms with E-state index < -0.39 is 0 Å². The Bertz CT molecular complexity index is 723. The number of benzene rings is 1. The molecule has 1 amide bonds. The molecule has 1 aromatic heterocycles. The zero-order chi connectivity index (χ0) is 17.5. The predicted molar refractivity (Wildman–Crippen MR) is 95.5 cm³/mol. The van der Waals surface area contributed by atoms with Crippen molar-refractivity contribution < 1.29 is 4.79 Å². The summed E-state index contributed by atoms with van der Waals surface area (Å²) in [4.78, 5) is 24.3. The normalized spacial score (nSPS) is 12.2. The zero-order valence-electron chi connectivity index (χ0n) is 14.5. The van der Waals surface area contributed by atoms with Gasteiger partial charge in [0.2, 0.25) is 0 Å². The maximum atomic E-state index is 12.4. The van der Waals surface area contributed by atoms with E-state index >= 15 is 0 Å². The van der Waals surface area contributed by atoms with Gasteiger partial charge >= 0.3 is 0 Å². The van der Waals surface area contributed by atoms with E-state index in [1.807, 2.05) is 25.1 Å². The third-order valence-electron chi connectivity index (χ3n) is 3.83. The largest absolute Gasteiger partial charge is 0.348 e. The summed E-state index contributed by atoms with van der Waals surface area (Å²) in [5.41, 5.74) is 0.624. The van der Waals surface area contributed by atoms with Gasteiger partial charge in [0.05, 0.1) is 5.69 Å². The number of amides is 1. The Morgan fingerprint density at radius 2 is 1.79 bits per heavy atom. The standard InChI is InChI=1S/C19H25N3O2/c1-14(2)8-7-9-15(3)20-19(24)17-12-13-18(23)22(21-17)16-10-5-4-6-11-16/h4-6,10-15H,7-9H2,1-3H3,(H,20,24). The predicted octanol–water partition coefficient (Wildman–Crippen LogP) is 3.18. The summed E-state index contributed by atoms with van der Waals surface area (Å²) in [7, 11) is 0. The van der Waals surface area contributed by atoms with E-state index in [9.17, 15) is 9.59 Å². The fourth-order valence-corrected chi connectivity index (χ4v) is 2.49. The molecule has 2 aromatic rings. The number of nitrogens with zero attached hydrogens (tertiary/aromatic N) is 2. The van der Waals surface area contributed by atoms with Crippen molar-refractivity contribution in [1.82, 2.24) is 15.1 Å². The van der Waals surface area contributed by atoms with Gasteiger partial charge in [-0.15, -0.1) is 0 Å². The molecule has 0 aliphatic heterocycles. The van der Waals surface area contributed by atoms with Crippen molar-refractivity contribution in [3.63, 3.8) is 0 Å². The van der Waals surface area contributed by atoms with Crippen molar-refractivity contribution in [3.05, 3.63) is 58.5 Å². The number of hydrogen-bond donors (Lipinski definition) is 1. The van der Waals surface area contributed by atoms with Crippen LogP contribution >= 0.6 is 0 Å². The van der Waals surface area contributed by atoms with Gasteiger partial charge in [0, 0.05) is 12.1 Å². The van der Waals surface area contributed by atoms with Crippen LogP contribution in [0.5, 0.6) is 0 Å². The van der Waals surface area contributed by atoms with Crippen LogP contribution in [0.15, 0.2) is 47.3 Å². The lowest BCUT2D eigenvalue weighted by atomic mass is 10.0. The lowest BCUT2D eigenvalue weighted by molar-refractivity contribution is 0.0931. The molecule has 0 fully saturated rings. The quantitative estimate of drug-likeness (QED) is 0.849. The molecule has 1 N–H and O–H groups in total. The van der Waals surface area contributed by atoms with Gasteiger partial charge in [0.15, 0.2) is 0 Å². The van der Waals surface area contributed by atoms with Crippen LogP contribution in [0.2, 0.25) is 0 Å². The molecule has 0 bridgehead atoms. The SMILES string of the molecule is CC(C)CCCC(C)NC(=O)c1ccc(=O)n(-c2ccccc2)n1. The van der Waals surface area contributed by atoms with E-state index in [4.69, 9.17) is 0 Å². The van der Waals surface area contributed by atoms with E-state index in [-0.39, 0.29) is 23.2 Å². The van der Waals surface area contributed by atoms with Crippen LogP contribution in [0.3, 0.4) is 0 Å². The fraction of sp³-hybridized carbons (Fsp3) is 0.421. The minimum absolute atomic E-state index is 0.0788. The highest BCUT2D eigenvalue weighted by atomic mass is 16.2. The second-order valence-electron chi connectivity index (χ2n) is 6.50. The van der Waals surface area contributed by atoms with Gasteiger partial charge in [0.25, 0.3) is 11.5 Å². The summed E-state index contributed by atoms with van der Waals surface area (Å²) in [5.74, 6) is 0.417. The molecule has 0 saturated heterocycles. The first-order valence-corrected chi connectivity index (χ1v) is 8.44. The van der Waals surface area contributed by atoms with Crippen LogP contribution in [-0.2, 0) is 0 Å². The molecule has 0 aliphatic carbocycles. The Labute approximate surface area is 142 Å². The Hall–Kier alpha value is -2.43. The molecule has 0 spiro atoms. The molecule has 1 aromatic carbocycles. The molecule has 0 saturated carbocycles. The van der Waals surface area contributed by atoms with Gasteiger partial charge in [0.1, 0.15) is 5.69 Å². The van der Waals surface area contributed by atoms with Gasteiger partial charge in [-0.25, -0.2) is 0 Å². The molecule has 5 heteroatoms. The van der Waals surface area contributed by atoms with Crippen LogP contribution in [0.1, 0.15) is 50.5 Å². The first kappa shape index (κ1) is 17.9. The van der Waals surface area contributed by atoms with Crippen LogP contribution in [0.4, 0.5) is 0 Å². The summed E-state index contributed by atoms with van der Waals surface area (Å²) < 4.78 is 1.25. The lowest BCUT2D eigenvalue weighted by Crippen LogP contribution is -2.34. The maximum Gasteiger partial charge on any atom is 0.271 e. The summed E-state index contributed by atoms with van der Waals surface area (Å²) in [6.07, 6.45) is 3.16. The minimum Gasteiger partial charge on any atom is -0.348 e. The van der Waals surface area contributed by atoms with E-state index in [1.54, 1.807) is 12.1 Å². The number of carbonyl (C=O) groups is 1. The van der Waals surface area contributed by atoms with Crippen LogP contribution in [0, 0.1) is 5.92 Å². The van der Waals surface area contributed by atoms with E-state index in [0.29, 0.717) is 11.6 Å². The number of nitrogens with one attached hydrogen (secondary N) is 1. The number of hydrogen-bond acceptors (Lipinski definition) is 3. The maximum absolute atomic E-state index is 12.4. The van der Waals surface area contributed by atoms with E-state index in [1.165, 1.54) is 16.8 Å². The fourth-order valence-electron chi connectivity index (χ4n) is 2.49. The highest BCUT2D eigenvalue weighted by molar-refractivity contribution is 5.92. The van der Waals surface area contributed by atoms with Gasteiger partial charge in [-0.1, -0.05) is 44.9 Å². The van der Waals surface area contributed by atoms with Gasteiger partial charge in [-0.2, -0.15) is 9.78 Å². The average Bonchev–Trinajstić information content (AvgIpc) is 2.55. The smallest absolute Gasteiger partial charge is 0.271 e. The first-order valence-electron chi connectivity index (χ1n) is 8.44. The van der Waals surface area contributed by atoms with Crippen molar-refractivity contribution in [3.8, 4) is 5.69 Å². The Morgan fingerprint density at radius 1 is 1.08 bits per heavy atom. The van der Waals surface area contributed by atoms with Crippen molar-refractivity contribution in [2.24, 2.45) is 5.92 Å². The van der Waals surface area contributed by atoms with Crippen LogP contribution < -0.4 is 10.9 Å². The van der Waals surface area contributed by atoms with Crippen LogP contribution in [0.25, 0.3) is 5.69 Å². The summed E-state index contributed by atoms with van der Waals surface area (Å²) in [5, 5.41) is 7.15. The topological polar surface area (TPSA) is 64.0 Å². The zero-order valence-corrected chi connectivity index (χ0v) is 14.5. The molecule has 128 valence electrons. The van der Waals surface area contributed by atoms with Crippen molar-refractivity contribution in [1.29, 1.82) is 0 Å². The van der Waals surface area contributed by atoms with E-state index in [0.717, 1.165) is 19.3 Å². The molecule has 24 heavy (non-hydrogen) atoms. The molecular weight excluding hydrogens is 302 g/mol. The highest BCUT2D eigenvalue weighted by Crippen LogP contribution is 2.09. The van der Waals surface area contributed by atoms with Crippen molar-refractivity contribution in [2.45, 2.75) is 46.1 Å². The van der Waals surface area contributed by atoms with Gasteiger partial charge in [-0.3, -0.25) is 9.59 Å². The summed E-state index contributed by atoms with van der Waals surface area (Å²) in [6, 6.07) is 12.0. The molecule has 1 heterocycles. The Balaban J connectivity index is 2.06. The Kier molecular flexibility index (Phi) is 6.29. The highest BCUT2D eigenvalue weighted by Gasteiger charge is 2.13. The molecule has 1 atom stereocenters. The third-order valence-corrected chi connectivity index (χ3v) is 3.83. The number of rotatable bonds is 7. The molecule has 1 unspecified atom stereocenters. The molecule has 2 rings (SSSR count). The monoisotopic (exact) mass is 327 g/mol. The number of para-hydroxylation sites is 1. The molecule has 5 nitrogen and oxygen atoms in total. The third kappa shape index (κ3) is 5.05. The molecule has 0 radical (unpaired) electrons. The van der Waals surface area contributed by atoms with Crippen molar-refractivity contribution in [2.75, 3.05) is 0 Å². The van der Waals surface area contributed by atoms with E-state index in [2.05, 4.69) is 24.3 Å². The minimum atomic E-state index is -0.261. The van der Waals surface area contributed by atoms with Gasteiger partial charge in [-0.05, 0) is 37.5 Å². The summed E-state index contributed by atoms with van der Waals surface area (Å²) >= 11 is 0. The van der Waals surface area contributed by atoms with Gasteiger partial charge < -0.3 is 5.32 Å². The second kappa shape index (κ2) is 8.43. The lowest BCUT2D eigenvalue weighted by Gasteiger charge is -2.14. The number of carbonyl (C=O) groups excluding carboxylic acids is 1. The number of aromatic nitrogens is 2. The molecular formula is C19H25N3O2. The first-order chi connectivity index (χ1) is 11.5. The van der Waals surface area contributed by atoms with Crippen LogP contribution in [-0.4, -0.2) is 21.7 Å². The molecule has 0 aliphatic rings. The van der Waals surface area contributed by atoms with Crippen molar-refractivity contribution >= 4 is 5.91 Å². The summed E-state index contributed by atoms with van der Waals surface area (Å²) in [6.45, 7) is 6.38. The second-order valence-corrected chi connectivity index (χ2v) is 6.50.